The van der Waals surface area contributed by atoms with Crippen molar-refractivity contribution >= 4 is 29.4 Å². The van der Waals surface area contributed by atoms with E-state index in [2.05, 4.69) is 5.32 Å². The molecule has 0 aromatic heterocycles. The fourth-order valence-electron chi connectivity index (χ4n) is 5.05. The standard InChI is InChI=1S/C21H24N2O7/c1-28-13-5-6-15(29-2)14(8-13)22-16(24)10-30-17(25)9-23-20(26)18-11-3-4-12(7-11)19(18)21(23)27/h5-6,8,11-12,18-19H,3-4,7,9-10H2,1-2H3,(H,22,24)/t11-,12-,18+,19+/m0/s1. The van der Waals surface area contributed by atoms with Crippen molar-refractivity contribution in [3.8, 4) is 11.5 Å². The lowest BCUT2D eigenvalue weighted by atomic mass is 9.81. The molecular formula is C21H24N2O7. The van der Waals surface area contributed by atoms with Gasteiger partial charge in [0, 0.05) is 6.07 Å². The lowest BCUT2D eigenvalue weighted by Crippen LogP contribution is -2.38. The molecular weight excluding hydrogens is 392 g/mol. The molecule has 9 nitrogen and oxygen atoms in total. The normalized spacial score (nSPS) is 26.5. The number of rotatable bonds is 7. The molecule has 0 unspecified atom stereocenters. The highest BCUT2D eigenvalue weighted by molar-refractivity contribution is 6.08. The third-order valence-corrected chi connectivity index (χ3v) is 6.35. The van der Waals surface area contributed by atoms with Gasteiger partial charge in [0.1, 0.15) is 18.0 Å². The number of nitrogens with one attached hydrogen (secondary N) is 1. The largest absolute Gasteiger partial charge is 0.497 e. The highest BCUT2D eigenvalue weighted by Crippen LogP contribution is 2.56. The fraction of sp³-hybridized carbons (Fsp3) is 0.524. The summed E-state index contributed by atoms with van der Waals surface area (Å²) in [5.74, 6) is -1.05. The molecule has 3 aliphatic rings. The monoisotopic (exact) mass is 416 g/mol. The number of esters is 1. The SMILES string of the molecule is COc1ccc(OC)c(NC(=O)COC(=O)CN2C(=O)[C@@H]3[C@H]4CC[C@@H](C4)[C@H]3C2=O)c1. The highest BCUT2D eigenvalue weighted by Gasteiger charge is 2.61. The van der Waals surface area contributed by atoms with Gasteiger partial charge in [0.05, 0.1) is 31.7 Å². The predicted molar refractivity (Wildman–Crippen MR) is 104 cm³/mol. The van der Waals surface area contributed by atoms with Gasteiger partial charge in [-0.15, -0.1) is 0 Å². The number of hydrogen-bond donors (Lipinski definition) is 1. The Labute approximate surface area is 173 Å². The molecule has 160 valence electrons. The lowest BCUT2D eigenvalue weighted by Gasteiger charge is -2.19. The number of ether oxygens (including phenoxy) is 3. The van der Waals surface area contributed by atoms with E-state index >= 15 is 0 Å². The minimum absolute atomic E-state index is 0.251. The van der Waals surface area contributed by atoms with Crippen LogP contribution >= 0.6 is 0 Å². The number of fused-ring (bicyclic) bond motifs is 5. The molecule has 1 heterocycles. The zero-order valence-corrected chi connectivity index (χ0v) is 16.9. The van der Waals surface area contributed by atoms with Gasteiger partial charge in [-0.3, -0.25) is 24.1 Å². The molecule has 0 spiro atoms. The second kappa shape index (κ2) is 7.97. The molecule has 1 aromatic rings. The van der Waals surface area contributed by atoms with Crippen LogP contribution in [0.1, 0.15) is 19.3 Å². The summed E-state index contributed by atoms with van der Waals surface area (Å²) in [4.78, 5) is 50.6. The van der Waals surface area contributed by atoms with Crippen LogP contribution in [0, 0.1) is 23.7 Å². The second-order valence-corrected chi connectivity index (χ2v) is 7.92. The van der Waals surface area contributed by atoms with Gasteiger partial charge in [-0.2, -0.15) is 0 Å². The molecule has 4 rings (SSSR count). The first kappa shape index (κ1) is 20.2. The minimum atomic E-state index is -0.795. The maximum absolute atomic E-state index is 12.6. The molecule has 2 bridgehead atoms. The number of amides is 3. The zero-order valence-electron chi connectivity index (χ0n) is 16.9. The van der Waals surface area contributed by atoms with E-state index in [0.29, 0.717) is 17.2 Å². The Hall–Kier alpha value is -3.10. The van der Waals surface area contributed by atoms with Crippen molar-refractivity contribution in [3.05, 3.63) is 18.2 Å². The van der Waals surface area contributed by atoms with Crippen molar-refractivity contribution in [2.24, 2.45) is 23.7 Å². The minimum Gasteiger partial charge on any atom is -0.497 e. The smallest absolute Gasteiger partial charge is 0.326 e. The van der Waals surface area contributed by atoms with Gasteiger partial charge in [-0.1, -0.05) is 0 Å². The number of nitrogens with zero attached hydrogens (tertiary/aromatic N) is 1. The summed E-state index contributed by atoms with van der Waals surface area (Å²) in [6.45, 7) is -1.01. The van der Waals surface area contributed by atoms with E-state index in [0.717, 1.165) is 24.2 Å². The van der Waals surface area contributed by atoms with Gasteiger partial charge < -0.3 is 19.5 Å². The number of methoxy groups -OCH3 is 2. The first-order valence-corrected chi connectivity index (χ1v) is 9.95. The molecule has 1 saturated heterocycles. The molecule has 9 heteroatoms. The quantitative estimate of drug-likeness (QED) is 0.525. The van der Waals surface area contributed by atoms with Crippen LogP contribution in [0.25, 0.3) is 0 Å². The molecule has 3 amide bonds. The van der Waals surface area contributed by atoms with E-state index in [1.807, 2.05) is 0 Å². The summed E-state index contributed by atoms with van der Waals surface area (Å²) in [5, 5.41) is 2.59. The zero-order chi connectivity index (χ0) is 21.4. The number of carbonyl (C=O) groups is 4. The second-order valence-electron chi connectivity index (χ2n) is 7.92. The molecule has 2 saturated carbocycles. The molecule has 1 aliphatic heterocycles. The predicted octanol–water partition coefficient (Wildman–Crippen LogP) is 1.22. The highest BCUT2D eigenvalue weighted by atomic mass is 16.5. The summed E-state index contributed by atoms with van der Waals surface area (Å²) < 4.78 is 15.3. The Bertz CT molecular complexity index is 871. The van der Waals surface area contributed by atoms with Crippen LogP contribution in [0.15, 0.2) is 18.2 Å². The van der Waals surface area contributed by atoms with Gasteiger partial charge in [0.25, 0.3) is 5.91 Å². The van der Waals surface area contributed by atoms with Crippen molar-refractivity contribution in [1.82, 2.24) is 4.90 Å². The molecule has 0 radical (unpaired) electrons. The Kier molecular flexibility index (Phi) is 5.36. The van der Waals surface area contributed by atoms with Crippen LogP contribution in [0.3, 0.4) is 0 Å². The number of imide groups is 1. The van der Waals surface area contributed by atoms with Crippen LogP contribution < -0.4 is 14.8 Å². The summed E-state index contributed by atoms with van der Waals surface area (Å²) in [7, 11) is 2.96. The topological polar surface area (TPSA) is 111 Å². The molecule has 30 heavy (non-hydrogen) atoms. The lowest BCUT2D eigenvalue weighted by molar-refractivity contribution is -0.154. The van der Waals surface area contributed by atoms with Crippen molar-refractivity contribution < 1.29 is 33.4 Å². The average Bonchev–Trinajstić information content (AvgIpc) is 3.42. The van der Waals surface area contributed by atoms with Gasteiger partial charge in [0.2, 0.25) is 11.8 Å². The summed E-state index contributed by atoms with van der Waals surface area (Å²) >= 11 is 0. The maximum atomic E-state index is 12.6. The van der Waals surface area contributed by atoms with Crippen LogP contribution in [-0.4, -0.2) is 56.0 Å². The van der Waals surface area contributed by atoms with Gasteiger partial charge in [-0.25, -0.2) is 0 Å². The maximum Gasteiger partial charge on any atom is 0.326 e. The number of benzene rings is 1. The van der Waals surface area contributed by atoms with Crippen molar-refractivity contribution in [3.63, 3.8) is 0 Å². The number of carbonyl (C=O) groups excluding carboxylic acids is 4. The van der Waals surface area contributed by atoms with E-state index in [-0.39, 0.29) is 35.5 Å². The molecule has 2 aliphatic carbocycles. The van der Waals surface area contributed by atoms with Crippen LogP contribution in [0.2, 0.25) is 0 Å². The van der Waals surface area contributed by atoms with Crippen LogP contribution in [0.5, 0.6) is 11.5 Å². The summed E-state index contributed by atoms with van der Waals surface area (Å²) in [5.41, 5.74) is 0.367. The number of hydrogen-bond acceptors (Lipinski definition) is 7. The van der Waals surface area contributed by atoms with E-state index in [1.165, 1.54) is 14.2 Å². The Morgan fingerprint density at radius 2 is 1.73 bits per heavy atom. The van der Waals surface area contributed by atoms with Crippen LogP contribution in [-0.2, 0) is 23.9 Å². The van der Waals surface area contributed by atoms with Crippen molar-refractivity contribution in [1.29, 1.82) is 0 Å². The van der Waals surface area contributed by atoms with Gasteiger partial charge in [0.15, 0.2) is 6.61 Å². The van der Waals surface area contributed by atoms with Gasteiger partial charge >= 0.3 is 5.97 Å². The van der Waals surface area contributed by atoms with E-state index in [4.69, 9.17) is 14.2 Å². The number of anilines is 1. The van der Waals surface area contributed by atoms with Gasteiger partial charge in [-0.05, 0) is 43.2 Å². The third-order valence-electron chi connectivity index (χ3n) is 6.35. The third kappa shape index (κ3) is 3.48. The first-order chi connectivity index (χ1) is 14.4. The Balaban J connectivity index is 1.31. The van der Waals surface area contributed by atoms with Crippen LogP contribution in [0.4, 0.5) is 5.69 Å². The Morgan fingerprint density at radius 1 is 1.07 bits per heavy atom. The molecule has 1 aromatic carbocycles. The average molecular weight is 416 g/mol. The molecule has 1 N–H and O–H groups in total. The number of likely N-dealkylation sites (tertiary alicyclic amines) is 1. The van der Waals surface area contributed by atoms with E-state index in [1.54, 1.807) is 18.2 Å². The summed E-state index contributed by atoms with van der Waals surface area (Å²) in [6, 6.07) is 4.89. The first-order valence-electron chi connectivity index (χ1n) is 9.95. The molecule has 3 fully saturated rings. The summed E-state index contributed by atoms with van der Waals surface area (Å²) in [6.07, 6.45) is 2.87. The van der Waals surface area contributed by atoms with Crippen molar-refractivity contribution in [2.45, 2.75) is 19.3 Å². The van der Waals surface area contributed by atoms with E-state index < -0.39 is 25.0 Å². The molecule has 4 atom stereocenters. The van der Waals surface area contributed by atoms with Crippen molar-refractivity contribution in [2.75, 3.05) is 32.7 Å². The fourth-order valence-corrected chi connectivity index (χ4v) is 5.05. The van der Waals surface area contributed by atoms with E-state index in [9.17, 15) is 19.2 Å². The Morgan fingerprint density at radius 3 is 2.33 bits per heavy atom.